The normalized spacial score (nSPS) is 17.7. The molecule has 1 aromatic carbocycles. The standard InChI is InChI=1S/C23H31BN2O5/c1-21(2,3)29-20(28)26-15-17(24-30-22(4,5)23(6,7)31-24)14-16-10-8-9-11-18(16)19(27)12-13-25/h8-11,14H,12,15H2,1-7H3,(H,26,28). The van der Waals surface area contributed by atoms with Crippen molar-refractivity contribution in [1.29, 1.82) is 5.26 Å². The molecule has 0 radical (unpaired) electrons. The number of rotatable bonds is 6. The van der Waals surface area contributed by atoms with Crippen LogP contribution in [0.1, 0.15) is 70.8 Å². The number of nitrogens with one attached hydrogen (secondary N) is 1. The lowest BCUT2D eigenvalue weighted by atomic mass is 9.76. The lowest BCUT2D eigenvalue weighted by molar-refractivity contribution is 0.00578. The highest BCUT2D eigenvalue weighted by atomic mass is 16.7. The van der Waals surface area contributed by atoms with Gasteiger partial charge in [0.2, 0.25) is 0 Å². The molecule has 1 aliphatic heterocycles. The van der Waals surface area contributed by atoms with Crippen LogP contribution < -0.4 is 5.32 Å². The van der Waals surface area contributed by atoms with E-state index < -0.39 is 30.0 Å². The molecule has 1 heterocycles. The fourth-order valence-electron chi connectivity index (χ4n) is 2.93. The molecule has 0 bridgehead atoms. The van der Waals surface area contributed by atoms with E-state index in [0.717, 1.165) is 0 Å². The van der Waals surface area contributed by atoms with Gasteiger partial charge in [-0.15, -0.1) is 0 Å². The molecule has 1 fully saturated rings. The summed E-state index contributed by atoms with van der Waals surface area (Å²) in [5.74, 6) is -0.275. The number of nitriles is 1. The van der Waals surface area contributed by atoms with Crippen LogP contribution >= 0.6 is 0 Å². The third-order valence-corrected chi connectivity index (χ3v) is 5.23. The van der Waals surface area contributed by atoms with Crippen LogP contribution in [0.15, 0.2) is 29.7 Å². The minimum atomic E-state index is -0.723. The fourth-order valence-corrected chi connectivity index (χ4v) is 2.93. The SMILES string of the molecule is CC(C)(C)OC(=O)NCC(=Cc1ccccc1C(=O)CC#N)B1OC(C)(C)C(C)(C)O1. The summed E-state index contributed by atoms with van der Waals surface area (Å²) in [5, 5.41) is 11.6. The number of hydrogen-bond acceptors (Lipinski definition) is 6. The lowest BCUT2D eigenvalue weighted by Gasteiger charge is -2.32. The van der Waals surface area contributed by atoms with Gasteiger partial charge in [0, 0.05) is 12.1 Å². The first kappa shape index (κ1) is 24.6. The van der Waals surface area contributed by atoms with Crippen LogP contribution in [0.3, 0.4) is 0 Å². The van der Waals surface area contributed by atoms with Crippen molar-refractivity contribution in [1.82, 2.24) is 5.32 Å². The van der Waals surface area contributed by atoms with Crippen molar-refractivity contribution in [2.24, 2.45) is 0 Å². The molecule has 0 atom stereocenters. The lowest BCUT2D eigenvalue weighted by Crippen LogP contribution is -2.41. The van der Waals surface area contributed by atoms with E-state index in [4.69, 9.17) is 19.3 Å². The van der Waals surface area contributed by atoms with Crippen molar-refractivity contribution in [3.63, 3.8) is 0 Å². The molecule has 1 aliphatic rings. The number of benzene rings is 1. The molecule has 0 saturated carbocycles. The van der Waals surface area contributed by atoms with Crippen molar-refractivity contribution in [3.05, 3.63) is 40.9 Å². The Morgan fingerprint density at radius 1 is 1.16 bits per heavy atom. The fraction of sp³-hybridized carbons (Fsp3) is 0.522. The third-order valence-electron chi connectivity index (χ3n) is 5.23. The second-order valence-electron chi connectivity index (χ2n) is 9.51. The molecule has 2 rings (SSSR count). The summed E-state index contributed by atoms with van der Waals surface area (Å²) in [7, 11) is -0.723. The van der Waals surface area contributed by atoms with Crippen LogP contribution in [0.4, 0.5) is 4.79 Å². The number of carbonyl (C=O) groups is 2. The average molecular weight is 426 g/mol. The van der Waals surface area contributed by atoms with Gasteiger partial charge in [0.25, 0.3) is 0 Å². The number of carbonyl (C=O) groups excluding carboxylic acids is 2. The van der Waals surface area contributed by atoms with Gasteiger partial charge in [0.15, 0.2) is 5.78 Å². The summed E-state index contributed by atoms with van der Waals surface area (Å²) in [6.07, 6.45) is 0.987. The van der Waals surface area contributed by atoms with E-state index in [1.807, 2.05) is 33.8 Å². The number of ketones is 1. The quantitative estimate of drug-likeness (QED) is 0.537. The van der Waals surface area contributed by atoms with Crippen LogP contribution in [0.25, 0.3) is 6.08 Å². The minimum Gasteiger partial charge on any atom is -0.444 e. The van der Waals surface area contributed by atoms with E-state index in [1.165, 1.54) is 0 Å². The highest BCUT2D eigenvalue weighted by molar-refractivity contribution is 6.56. The van der Waals surface area contributed by atoms with Gasteiger partial charge >= 0.3 is 13.2 Å². The molecule has 8 heteroatoms. The Bertz CT molecular complexity index is 893. The summed E-state index contributed by atoms with van der Waals surface area (Å²) in [6, 6.07) is 8.90. The van der Waals surface area contributed by atoms with Crippen LogP contribution in [0.2, 0.25) is 0 Å². The number of hydrogen-bond donors (Lipinski definition) is 1. The molecule has 31 heavy (non-hydrogen) atoms. The van der Waals surface area contributed by atoms with Gasteiger partial charge in [-0.25, -0.2) is 4.79 Å². The molecule has 0 spiro atoms. The van der Waals surface area contributed by atoms with E-state index >= 15 is 0 Å². The van der Waals surface area contributed by atoms with Crippen LogP contribution in [-0.2, 0) is 14.0 Å². The van der Waals surface area contributed by atoms with Crippen molar-refractivity contribution >= 4 is 25.1 Å². The maximum absolute atomic E-state index is 12.4. The van der Waals surface area contributed by atoms with Gasteiger partial charge < -0.3 is 19.4 Å². The molecule has 0 unspecified atom stereocenters. The molecule has 166 valence electrons. The first-order chi connectivity index (χ1) is 14.3. The van der Waals surface area contributed by atoms with Crippen molar-refractivity contribution in [2.75, 3.05) is 6.54 Å². The summed E-state index contributed by atoms with van der Waals surface area (Å²) >= 11 is 0. The molecule has 7 nitrogen and oxygen atoms in total. The third kappa shape index (κ3) is 6.43. The Kier molecular flexibility index (Phi) is 7.35. The second kappa shape index (κ2) is 9.25. The first-order valence-corrected chi connectivity index (χ1v) is 10.3. The summed E-state index contributed by atoms with van der Waals surface area (Å²) in [5.41, 5.74) is -0.0952. The molecule has 1 saturated heterocycles. The summed E-state index contributed by atoms with van der Waals surface area (Å²) in [6.45, 7) is 13.2. The first-order valence-electron chi connectivity index (χ1n) is 10.3. The Hall–Kier alpha value is -2.63. The second-order valence-corrected chi connectivity index (χ2v) is 9.51. The van der Waals surface area contributed by atoms with Gasteiger partial charge in [-0.3, -0.25) is 4.79 Å². The van der Waals surface area contributed by atoms with Crippen molar-refractivity contribution in [3.8, 4) is 6.07 Å². The summed E-state index contributed by atoms with van der Waals surface area (Å²) < 4.78 is 17.6. The molecule has 1 aromatic rings. The molecule has 0 aromatic heterocycles. The zero-order valence-corrected chi connectivity index (χ0v) is 19.4. The Morgan fingerprint density at radius 3 is 2.29 bits per heavy atom. The predicted octanol–water partition coefficient (Wildman–Crippen LogP) is 4.32. The van der Waals surface area contributed by atoms with Gasteiger partial charge in [0.05, 0.1) is 23.7 Å². The number of nitrogens with zero attached hydrogens (tertiary/aromatic N) is 1. The van der Waals surface area contributed by atoms with Crippen molar-refractivity contribution < 1.29 is 23.6 Å². The highest BCUT2D eigenvalue weighted by Crippen LogP contribution is 2.38. The number of Topliss-reactive ketones (excluding diaryl/α,β-unsaturated/α-hetero) is 1. The average Bonchev–Trinajstić information content (AvgIpc) is 2.85. The van der Waals surface area contributed by atoms with E-state index in [2.05, 4.69) is 5.32 Å². The van der Waals surface area contributed by atoms with Gasteiger partial charge in [-0.05, 0) is 59.5 Å². The van der Waals surface area contributed by atoms with E-state index in [1.54, 1.807) is 51.1 Å². The highest BCUT2D eigenvalue weighted by Gasteiger charge is 2.52. The van der Waals surface area contributed by atoms with Gasteiger partial charge in [0.1, 0.15) is 5.60 Å². The zero-order valence-electron chi connectivity index (χ0n) is 19.4. The molecule has 1 N–H and O–H groups in total. The number of ether oxygens (including phenoxy) is 1. The number of amides is 1. The van der Waals surface area contributed by atoms with E-state index in [-0.39, 0.29) is 18.7 Å². The topological polar surface area (TPSA) is 97.7 Å². The number of alkyl carbamates (subject to hydrolysis) is 1. The largest absolute Gasteiger partial charge is 0.492 e. The Labute approximate surface area is 184 Å². The van der Waals surface area contributed by atoms with Gasteiger partial charge in [-0.2, -0.15) is 5.26 Å². The molecule has 0 aliphatic carbocycles. The Morgan fingerprint density at radius 2 is 1.74 bits per heavy atom. The van der Waals surface area contributed by atoms with Crippen molar-refractivity contribution in [2.45, 2.75) is 71.7 Å². The van der Waals surface area contributed by atoms with E-state index in [9.17, 15) is 9.59 Å². The van der Waals surface area contributed by atoms with Crippen LogP contribution in [-0.4, -0.2) is 42.3 Å². The monoisotopic (exact) mass is 426 g/mol. The smallest absolute Gasteiger partial charge is 0.444 e. The maximum atomic E-state index is 12.4. The van der Waals surface area contributed by atoms with E-state index in [0.29, 0.717) is 16.6 Å². The van der Waals surface area contributed by atoms with Crippen LogP contribution in [0.5, 0.6) is 0 Å². The zero-order chi connectivity index (χ0) is 23.4. The minimum absolute atomic E-state index is 0.104. The Balaban J connectivity index is 2.38. The maximum Gasteiger partial charge on any atom is 0.492 e. The van der Waals surface area contributed by atoms with Crippen LogP contribution in [0, 0.1) is 11.3 Å². The predicted molar refractivity (Wildman–Crippen MR) is 119 cm³/mol. The molecular formula is C23H31BN2O5. The summed E-state index contributed by atoms with van der Waals surface area (Å²) in [4.78, 5) is 24.6. The molecular weight excluding hydrogens is 395 g/mol. The molecule has 1 amide bonds. The van der Waals surface area contributed by atoms with Gasteiger partial charge in [-0.1, -0.05) is 30.3 Å².